The van der Waals surface area contributed by atoms with Crippen LogP contribution in [0.15, 0.2) is 29.2 Å². The summed E-state index contributed by atoms with van der Waals surface area (Å²) in [6.45, 7) is 4.32. The lowest BCUT2D eigenvalue weighted by Gasteiger charge is -2.10. The average molecular weight is 295 g/mol. The Balaban J connectivity index is 0.00000289. The van der Waals surface area contributed by atoms with E-state index in [1.807, 2.05) is 13.8 Å². The number of rotatable bonds is 6. The van der Waals surface area contributed by atoms with Crippen LogP contribution in [0.4, 0.5) is 0 Å². The molecule has 0 aliphatic carbocycles. The Bertz CT molecular complexity index is 446. The van der Waals surface area contributed by atoms with Gasteiger partial charge in [-0.3, -0.25) is 0 Å². The van der Waals surface area contributed by atoms with E-state index in [1.165, 1.54) is 12.1 Å². The molecule has 18 heavy (non-hydrogen) atoms. The summed E-state index contributed by atoms with van der Waals surface area (Å²) < 4.78 is 31.3. The highest BCUT2D eigenvalue weighted by Crippen LogP contribution is 2.16. The molecule has 1 aromatic carbocycles. The van der Waals surface area contributed by atoms with Crippen molar-refractivity contribution in [2.75, 3.05) is 13.1 Å². The molecule has 0 atom stereocenters. The van der Waals surface area contributed by atoms with E-state index in [2.05, 4.69) is 4.72 Å². The minimum absolute atomic E-state index is 0. The van der Waals surface area contributed by atoms with Gasteiger partial charge in [0.15, 0.2) is 0 Å². The van der Waals surface area contributed by atoms with Gasteiger partial charge in [-0.2, -0.15) is 0 Å². The fraction of sp³-hybridized carbons (Fsp3) is 0.455. The molecule has 0 radical (unpaired) electrons. The second-order valence-electron chi connectivity index (χ2n) is 3.82. The van der Waals surface area contributed by atoms with E-state index in [0.29, 0.717) is 5.75 Å². The lowest BCUT2D eigenvalue weighted by molar-refractivity contribution is 0.242. The van der Waals surface area contributed by atoms with Crippen LogP contribution in [0.3, 0.4) is 0 Å². The molecule has 0 saturated carbocycles. The normalized spacial score (nSPS) is 11.1. The third-order valence-corrected chi connectivity index (χ3v) is 3.42. The van der Waals surface area contributed by atoms with E-state index >= 15 is 0 Å². The molecular weight excluding hydrogens is 276 g/mol. The van der Waals surface area contributed by atoms with Gasteiger partial charge in [-0.25, -0.2) is 13.1 Å². The molecule has 104 valence electrons. The second kappa shape index (κ2) is 7.58. The van der Waals surface area contributed by atoms with Crippen LogP contribution in [0.5, 0.6) is 5.75 Å². The summed E-state index contributed by atoms with van der Waals surface area (Å²) >= 11 is 0. The summed E-state index contributed by atoms with van der Waals surface area (Å²) in [4.78, 5) is 0.210. The van der Waals surface area contributed by atoms with Gasteiger partial charge in [-0.05, 0) is 38.1 Å². The molecule has 0 aliphatic rings. The molecule has 0 bridgehead atoms. The average Bonchev–Trinajstić information content (AvgIpc) is 2.26. The Kier molecular flexibility index (Phi) is 7.23. The molecule has 1 rings (SSSR count). The molecule has 5 nitrogen and oxygen atoms in total. The van der Waals surface area contributed by atoms with Gasteiger partial charge in [0.05, 0.1) is 11.0 Å². The van der Waals surface area contributed by atoms with Crippen LogP contribution < -0.4 is 15.2 Å². The van der Waals surface area contributed by atoms with E-state index in [-0.39, 0.29) is 36.5 Å². The zero-order chi connectivity index (χ0) is 12.9. The fourth-order valence-electron chi connectivity index (χ4n) is 1.25. The third-order valence-electron chi connectivity index (χ3n) is 1.94. The summed E-state index contributed by atoms with van der Waals surface area (Å²) in [5.74, 6) is 0.651. The lowest BCUT2D eigenvalue weighted by atomic mass is 10.3. The lowest BCUT2D eigenvalue weighted by Crippen LogP contribution is -2.29. The molecule has 1 aromatic rings. The zero-order valence-electron chi connectivity index (χ0n) is 10.4. The number of nitrogens with two attached hydrogens (primary N) is 1. The van der Waals surface area contributed by atoms with Crippen molar-refractivity contribution in [3.8, 4) is 5.75 Å². The van der Waals surface area contributed by atoms with Crippen molar-refractivity contribution in [2.24, 2.45) is 5.73 Å². The van der Waals surface area contributed by atoms with E-state index in [9.17, 15) is 8.42 Å². The minimum Gasteiger partial charge on any atom is -0.491 e. The van der Waals surface area contributed by atoms with E-state index in [0.717, 1.165) is 0 Å². The molecule has 0 fully saturated rings. The molecular formula is C11H19ClN2O3S. The number of hydrogen-bond acceptors (Lipinski definition) is 4. The highest BCUT2D eigenvalue weighted by Gasteiger charge is 2.12. The smallest absolute Gasteiger partial charge is 0.240 e. The maximum atomic E-state index is 11.7. The van der Waals surface area contributed by atoms with Gasteiger partial charge >= 0.3 is 0 Å². The highest BCUT2D eigenvalue weighted by molar-refractivity contribution is 7.89. The topological polar surface area (TPSA) is 81.4 Å². The molecule has 0 amide bonds. The van der Waals surface area contributed by atoms with Gasteiger partial charge < -0.3 is 10.5 Å². The van der Waals surface area contributed by atoms with Crippen LogP contribution in [0, 0.1) is 0 Å². The molecule has 0 aromatic heterocycles. The third kappa shape index (κ3) is 5.22. The first-order chi connectivity index (χ1) is 7.95. The summed E-state index contributed by atoms with van der Waals surface area (Å²) in [5, 5.41) is 0. The molecule has 0 heterocycles. The van der Waals surface area contributed by atoms with Crippen molar-refractivity contribution in [1.82, 2.24) is 4.72 Å². The van der Waals surface area contributed by atoms with Crippen LogP contribution in [0.25, 0.3) is 0 Å². The molecule has 0 spiro atoms. The largest absolute Gasteiger partial charge is 0.491 e. The number of ether oxygens (including phenoxy) is 1. The fourth-order valence-corrected chi connectivity index (χ4v) is 2.29. The minimum atomic E-state index is -3.45. The van der Waals surface area contributed by atoms with Crippen LogP contribution in [-0.2, 0) is 10.0 Å². The predicted octanol–water partition coefficient (Wildman–Crippen LogP) is 1.13. The molecule has 7 heteroatoms. The Morgan fingerprint density at radius 1 is 1.28 bits per heavy atom. The maximum absolute atomic E-state index is 11.7. The molecule has 0 aliphatic heterocycles. The Labute approximate surface area is 114 Å². The SMILES string of the molecule is CC(C)Oc1ccc(S(=O)(=O)NCCN)cc1.Cl. The number of benzene rings is 1. The van der Waals surface area contributed by atoms with Crippen LogP contribution in [0.2, 0.25) is 0 Å². The number of nitrogens with one attached hydrogen (secondary N) is 1. The first-order valence-electron chi connectivity index (χ1n) is 5.42. The second-order valence-corrected chi connectivity index (χ2v) is 5.59. The first-order valence-corrected chi connectivity index (χ1v) is 6.90. The number of hydrogen-bond donors (Lipinski definition) is 2. The monoisotopic (exact) mass is 294 g/mol. The summed E-state index contributed by atoms with van der Waals surface area (Å²) in [6.07, 6.45) is 0.0628. The van der Waals surface area contributed by atoms with Gasteiger partial charge in [0.1, 0.15) is 5.75 Å². The number of halogens is 1. The van der Waals surface area contributed by atoms with Crippen molar-refractivity contribution in [1.29, 1.82) is 0 Å². The van der Waals surface area contributed by atoms with E-state index in [4.69, 9.17) is 10.5 Å². The Morgan fingerprint density at radius 3 is 2.28 bits per heavy atom. The summed E-state index contributed by atoms with van der Waals surface area (Å²) in [7, 11) is -3.45. The van der Waals surface area contributed by atoms with Crippen molar-refractivity contribution in [3.05, 3.63) is 24.3 Å². The maximum Gasteiger partial charge on any atom is 0.240 e. The number of sulfonamides is 1. The van der Waals surface area contributed by atoms with Crippen molar-refractivity contribution in [3.63, 3.8) is 0 Å². The predicted molar refractivity (Wildman–Crippen MR) is 73.7 cm³/mol. The first kappa shape index (κ1) is 17.2. The van der Waals surface area contributed by atoms with Gasteiger partial charge in [0.25, 0.3) is 0 Å². The van der Waals surface area contributed by atoms with Crippen LogP contribution in [0.1, 0.15) is 13.8 Å². The van der Waals surface area contributed by atoms with Crippen molar-refractivity contribution < 1.29 is 13.2 Å². The van der Waals surface area contributed by atoms with Gasteiger partial charge in [-0.15, -0.1) is 12.4 Å². The van der Waals surface area contributed by atoms with Gasteiger partial charge in [-0.1, -0.05) is 0 Å². The highest BCUT2D eigenvalue weighted by atomic mass is 35.5. The quantitative estimate of drug-likeness (QED) is 0.824. The van der Waals surface area contributed by atoms with E-state index in [1.54, 1.807) is 12.1 Å². The van der Waals surface area contributed by atoms with Crippen LogP contribution in [-0.4, -0.2) is 27.6 Å². The van der Waals surface area contributed by atoms with E-state index < -0.39 is 10.0 Å². The molecule has 0 saturated heterocycles. The Hall–Kier alpha value is -0.820. The summed E-state index contributed by atoms with van der Waals surface area (Å²) in [6, 6.07) is 6.29. The van der Waals surface area contributed by atoms with Crippen molar-refractivity contribution >= 4 is 22.4 Å². The van der Waals surface area contributed by atoms with Gasteiger partial charge in [0, 0.05) is 13.1 Å². The van der Waals surface area contributed by atoms with Crippen molar-refractivity contribution in [2.45, 2.75) is 24.8 Å². The molecule has 3 N–H and O–H groups in total. The van der Waals surface area contributed by atoms with Gasteiger partial charge in [0.2, 0.25) is 10.0 Å². The zero-order valence-corrected chi connectivity index (χ0v) is 12.1. The Morgan fingerprint density at radius 2 is 1.83 bits per heavy atom. The van der Waals surface area contributed by atoms with Crippen LogP contribution >= 0.6 is 12.4 Å². The molecule has 0 unspecified atom stereocenters. The summed E-state index contributed by atoms with van der Waals surface area (Å²) in [5.41, 5.74) is 5.25. The standard InChI is InChI=1S/C11H18N2O3S.ClH/c1-9(2)16-10-3-5-11(6-4-10)17(14,15)13-8-7-12;/h3-6,9,13H,7-8,12H2,1-2H3;1H.